The Balaban J connectivity index is 2.14. The first-order valence-corrected chi connectivity index (χ1v) is 17.5. The number of hydrogen-bond donors (Lipinski definition) is 2. The van der Waals surface area contributed by atoms with Gasteiger partial charge in [-0.15, -0.1) is 0 Å². The van der Waals surface area contributed by atoms with Gasteiger partial charge in [-0.05, 0) is 50.0 Å². The highest BCUT2D eigenvalue weighted by atomic mass is 16.6. The Labute approximate surface area is 267 Å². The van der Waals surface area contributed by atoms with Crippen molar-refractivity contribution in [3.8, 4) is 0 Å². The van der Waals surface area contributed by atoms with Crippen LogP contribution in [0.25, 0.3) is 0 Å². The van der Waals surface area contributed by atoms with Crippen molar-refractivity contribution in [1.29, 1.82) is 0 Å². The van der Waals surface area contributed by atoms with Crippen LogP contribution in [0.15, 0.2) is 36.5 Å². The van der Waals surface area contributed by atoms with Gasteiger partial charge in [0.15, 0.2) is 11.9 Å². The first kappa shape index (κ1) is 39.8. The van der Waals surface area contributed by atoms with E-state index in [4.69, 9.17) is 9.47 Å². The number of hydrogen-bond acceptors (Lipinski definition) is 7. The van der Waals surface area contributed by atoms with Crippen molar-refractivity contribution in [3.05, 3.63) is 36.5 Å². The summed E-state index contributed by atoms with van der Waals surface area (Å²) in [5, 5.41) is 19.7. The van der Waals surface area contributed by atoms with Crippen molar-refractivity contribution in [1.82, 2.24) is 0 Å². The molecular weight excluding hydrogens is 556 g/mol. The van der Waals surface area contributed by atoms with E-state index in [-0.39, 0.29) is 49.2 Å². The molecule has 0 heterocycles. The Morgan fingerprint density at radius 2 is 1.55 bits per heavy atom. The van der Waals surface area contributed by atoms with Crippen molar-refractivity contribution in [3.63, 3.8) is 0 Å². The number of ketones is 1. The lowest BCUT2D eigenvalue weighted by molar-refractivity contribution is -0.161. The van der Waals surface area contributed by atoms with Gasteiger partial charge >= 0.3 is 11.9 Å². The van der Waals surface area contributed by atoms with Crippen molar-refractivity contribution >= 4 is 17.7 Å². The Morgan fingerprint density at radius 3 is 2.23 bits per heavy atom. The molecular formula is C37H62O7. The SMILES string of the molecule is CCCCC[C@H](O)/C=C/[C@H]1C(=O)C=C[C@@H]1C/C=C\CCCC(=O)OC[C@H](CO)OC(=O)CCCCCCCCCCC(C)C. The van der Waals surface area contributed by atoms with Crippen molar-refractivity contribution in [2.45, 2.75) is 149 Å². The minimum atomic E-state index is -0.834. The van der Waals surface area contributed by atoms with Gasteiger partial charge in [-0.2, -0.15) is 0 Å². The number of allylic oxidation sites excluding steroid dienone is 5. The lowest BCUT2D eigenvalue weighted by Gasteiger charge is -2.15. The van der Waals surface area contributed by atoms with Crippen molar-refractivity contribution < 1.29 is 34.1 Å². The predicted octanol–water partition coefficient (Wildman–Crippen LogP) is 7.98. The normalized spacial score (nSPS) is 18.1. The quantitative estimate of drug-likeness (QED) is 0.0546. The fourth-order valence-corrected chi connectivity index (χ4v) is 5.32. The Kier molecular flexibility index (Phi) is 23.5. The summed E-state index contributed by atoms with van der Waals surface area (Å²) in [6.45, 7) is 6.14. The molecule has 2 N–H and O–H groups in total. The van der Waals surface area contributed by atoms with Crippen molar-refractivity contribution in [2.24, 2.45) is 17.8 Å². The summed E-state index contributed by atoms with van der Waals surface area (Å²) < 4.78 is 10.5. The van der Waals surface area contributed by atoms with Crippen molar-refractivity contribution in [2.75, 3.05) is 13.2 Å². The van der Waals surface area contributed by atoms with Crippen LogP contribution in [-0.2, 0) is 23.9 Å². The molecule has 44 heavy (non-hydrogen) atoms. The molecule has 0 bridgehead atoms. The van der Waals surface area contributed by atoms with Crippen LogP contribution in [0.5, 0.6) is 0 Å². The highest BCUT2D eigenvalue weighted by molar-refractivity contribution is 5.95. The molecule has 0 aromatic carbocycles. The van der Waals surface area contributed by atoms with Gasteiger partial charge in [0, 0.05) is 18.8 Å². The Morgan fingerprint density at radius 1 is 0.886 bits per heavy atom. The summed E-state index contributed by atoms with van der Waals surface area (Å²) in [4.78, 5) is 36.5. The monoisotopic (exact) mass is 618 g/mol. The number of ether oxygens (including phenoxy) is 2. The van der Waals surface area contributed by atoms with E-state index in [0.717, 1.165) is 57.3 Å². The molecule has 0 spiro atoms. The number of carbonyl (C=O) groups is 3. The van der Waals surface area contributed by atoms with Crippen LogP contribution in [0.2, 0.25) is 0 Å². The molecule has 1 rings (SSSR count). The molecule has 0 saturated heterocycles. The molecule has 0 amide bonds. The maximum Gasteiger partial charge on any atom is 0.306 e. The van der Waals surface area contributed by atoms with E-state index in [1.54, 1.807) is 12.2 Å². The average Bonchev–Trinajstić information content (AvgIpc) is 3.35. The second-order valence-electron chi connectivity index (χ2n) is 12.7. The standard InChI is InChI=1S/C37H62O7/c1-4-5-14-21-32(39)25-26-34-31(24-27-35(34)40)20-16-12-13-17-22-36(41)43-29-33(28-38)44-37(42)23-18-11-9-7-6-8-10-15-19-30(2)3/h12,16,24-27,30-34,38-39H,4-11,13-15,17-23,28-29H2,1-3H3/b16-12-,26-25+/t31-,32-,33-,34+/m0/s1. The Bertz CT molecular complexity index is 860. The molecule has 0 radical (unpaired) electrons. The van der Waals surface area contributed by atoms with Crippen LogP contribution in [0.4, 0.5) is 0 Å². The third-order valence-corrected chi connectivity index (χ3v) is 8.11. The molecule has 7 nitrogen and oxygen atoms in total. The summed E-state index contributed by atoms with van der Waals surface area (Å²) in [5.41, 5.74) is 0. The van der Waals surface area contributed by atoms with Crippen LogP contribution in [0.3, 0.4) is 0 Å². The molecule has 0 aromatic heterocycles. The molecule has 0 fully saturated rings. The average molecular weight is 619 g/mol. The maximum absolute atomic E-state index is 12.2. The van der Waals surface area contributed by atoms with Crippen LogP contribution >= 0.6 is 0 Å². The lowest BCUT2D eigenvalue weighted by Crippen LogP contribution is -2.28. The van der Waals surface area contributed by atoms with Gasteiger partial charge in [0.2, 0.25) is 0 Å². The zero-order chi connectivity index (χ0) is 32.4. The fraction of sp³-hybridized carbons (Fsp3) is 0.757. The van der Waals surface area contributed by atoms with E-state index in [9.17, 15) is 24.6 Å². The first-order valence-electron chi connectivity index (χ1n) is 17.5. The molecule has 7 heteroatoms. The third-order valence-electron chi connectivity index (χ3n) is 8.11. The number of aliphatic hydroxyl groups excluding tert-OH is 2. The molecule has 0 unspecified atom stereocenters. The van der Waals surface area contributed by atoms with Gasteiger partial charge in [-0.25, -0.2) is 0 Å². The molecule has 0 aromatic rings. The minimum Gasteiger partial charge on any atom is -0.462 e. The lowest BCUT2D eigenvalue weighted by atomic mass is 9.90. The number of unbranched alkanes of at least 4 members (excludes halogenated alkanes) is 10. The summed E-state index contributed by atoms with van der Waals surface area (Å²) in [5.74, 6) is -0.0412. The van der Waals surface area contributed by atoms with E-state index in [2.05, 4.69) is 20.8 Å². The van der Waals surface area contributed by atoms with E-state index in [1.165, 1.54) is 38.5 Å². The fourth-order valence-electron chi connectivity index (χ4n) is 5.32. The van der Waals surface area contributed by atoms with Gasteiger partial charge in [-0.3, -0.25) is 14.4 Å². The maximum atomic E-state index is 12.2. The minimum absolute atomic E-state index is 0.0728. The smallest absolute Gasteiger partial charge is 0.306 e. The molecule has 1 aliphatic carbocycles. The van der Waals surface area contributed by atoms with Gasteiger partial charge in [0.05, 0.1) is 12.7 Å². The molecule has 252 valence electrons. The van der Waals surface area contributed by atoms with Gasteiger partial charge in [0.1, 0.15) is 6.61 Å². The number of carbonyl (C=O) groups excluding carboxylic acids is 3. The highest BCUT2D eigenvalue weighted by Crippen LogP contribution is 2.27. The van der Waals surface area contributed by atoms with Crippen LogP contribution in [0.1, 0.15) is 136 Å². The molecule has 4 atom stereocenters. The zero-order valence-electron chi connectivity index (χ0n) is 27.9. The van der Waals surface area contributed by atoms with E-state index in [0.29, 0.717) is 19.3 Å². The summed E-state index contributed by atoms with van der Waals surface area (Å²) >= 11 is 0. The molecule has 0 aliphatic heterocycles. The Hall–Kier alpha value is -2.25. The first-order chi connectivity index (χ1) is 21.3. The van der Waals surface area contributed by atoms with Crippen LogP contribution in [-0.4, -0.2) is 53.4 Å². The van der Waals surface area contributed by atoms with Crippen LogP contribution in [0, 0.1) is 17.8 Å². The third kappa shape index (κ3) is 20.7. The zero-order valence-corrected chi connectivity index (χ0v) is 27.9. The van der Waals surface area contributed by atoms with Gasteiger partial charge in [-0.1, -0.05) is 122 Å². The second kappa shape index (κ2) is 26.0. The largest absolute Gasteiger partial charge is 0.462 e. The molecule has 0 saturated carbocycles. The van der Waals surface area contributed by atoms with Gasteiger partial charge in [0.25, 0.3) is 0 Å². The number of esters is 2. The van der Waals surface area contributed by atoms with E-state index < -0.39 is 12.2 Å². The van der Waals surface area contributed by atoms with Crippen LogP contribution < -0.4 is 0 Å². The van der Waals surface area contributed by atoms with E-state index >= 15 is 0 Å². The predicted molar refractivity (Wildman–Crippen MR) is 177 cm³/mol. The summed E-state index contributed by atoms with van der Waals surface area (Å²) in [6.07, 6.45) is 26.9. The van der Waals surface area contributed by atoms with Gasteiger partial charge < -0.3 is 19.7 Å². The summed E-state index contributed by atoms with van der Waals surface area (Å²) in [7, 11) is 0. The second-order valence-corrected chi connectivity index (χ2v) is 12.7. The topological polar surface area (TPSA) is 110 Å². The molecule has 1 aliphatic rings. The number of aliphatic hydroxyl groups is 2. The highest BCUT2D eigenvalue weighted by Gasteiger charge is 2.27. The van der Waals surface area contributed by atoms with E-state index in [1.807, 2.05) is 24.3 Å². The summed E-state index contributed by atoms with van der Waals surface area (Å²) in [6, 6.07) is 0. The number of rotatable bonds is 27.